The number of carboxylic acid groups (broad SMARTS) is 1. The standard InChI is InChI=1S/C27H31N5O3/c1-17(2)16-32(19-8-4-3-5-9-19)23-13-12-18(20-15-28-31-25(20)26(33)34)14-22(23)30-27-29-21-10-6-7-11-24(21)35-27/h6-7,10-15,17,19H,3-5,8-9,16H2,1-2H3,(H,28,31)(H,29,30)(H,33,34). The predicted octanol–water partition coefficient (Wildman–Crippen LogP) is 6.45. The van der Waals surface area contributed by atoms with Gasteiger partial charge in [-0.25, -0.2) is 4.79 Å². The predicted molar refractivity (Wildman–Crippen MR) is 137 cm³/mol. The van der Waals surface area contributed by atoms with Crippen LogP contribution in [0.25, 0.3) is 22.2 Å². The molecule has 5 rings (SSSR count). The minimum Gasteiger partial charge on any atom is -0.476 e. The number of fused-ring (bicyclic) bond motifs is 1. The van der Waals surface area contributed by atoms with E-state index in [0.29, 0.717) is 29.1 Å². The molecule has 0 aliphatic heterocycles. The molecule has 2 heterocycles. The molecule has 35 heavy (non-hydrogen) atoms. The summed E-state index contributed by atoms with van der Waals surface area (Å²) in [7, 11) is 0. The average molecular weight is 474 g/mol. The van der Waals surface area contributed by atoms with Crippen molar-refractivity contribution in [1.82, 2.24) is 15.2 Å². The van der Waals surface area contributed by atoms with Gasteiger partial charge >= 0.3 is 5.97 Å². The molecule has 0 spiro atoms. The summed E-state index contributed by atoms with van der Waals surface area (Å²) in [6.45, 7) is 5.41. The van der Waals surface area contributed by atoms with E-state index in [4.69, 9.17) is 4.42 Å². The van der Waals surface area contributed by atoms with Crippen LogP contribution in [0.2, 0.25) is 0 Å². The quantitative estimate of drug-likeness (QED) is 0.270. The number of oxazole rings is 1. The van der Waals surface area contributed by atoms with Crippen LogP contribution in [-0.4, -0.2) is 38.8 Å². The summed E-state index contributed by atoms with van der Waals surface area (Å²) in [6.07, 6.45) is 7.72. The third kappa shape index (κ3) is 4.87. The first-order chi connectivity index (χ1) is 17.0. The van der Waals surface area contributed by atoms with E-state index in [0.717, 1.165) is 29.0 Å². The number of carbonyl (C=O) groups is 1. The molecule has 8 nitrogen and oxygen atoms in total. The van der Waals surface area contributed by atoms with E-state index in [1.54, 1.807) is 6.20 Å². The molecule has 1 aliphatic carbocycles. The summed E-state index contributed by atoms with van der Waals surface area (Å²) in [5, 5.41) is 19.6. The van der Waals surface area contributed by atoms with E-state index < -0.39 is 5.97 Å². The van der Waals surface area contributed by atoms with Crippen LogP contribution in [0.1, 0.15) is 56.4 Å². The van der Waals surface area contributed by atoms with Gasteiger partial charge in [0.1, 0.15) is 5.52 Å². The first-order valence-electron chi connectivity index (χ1n) is 12.3. The Morgan fingerprint density at radius 3 is 2.74 bits per heavy atom. The van der Waals surface area contributed by atoms with Gasteiger partial charge in [0.25, 0.3) is 6.01 Å². The first-order valence-corrected chi connectivity index (χ1v) is 12.3. The van der Waals surface area contributed by atoms with E-state index in [-0.39, 0.29) is 5.69 Å². The fourth-order valence-electron chi connectivity index (χ4n) is 5.00. The number of nitrogens with one attached hydrogen (secondary N) is 2. The number of para-hydroxylation sites is 2. The molecular formula is C27H31N5O3. The summed E-state index contributed by atoms with van der Waals surface area (Å²) in [5.74, 6) is -0.580. The van der Waals surface area contributed by atoms with Crippen molar-refractivity contribution in [3.05, 3.63) is 54.4 Å². The van der Waals surface area contributed by atoms with Crippen LogP contribution in [0.5, 0.6) is 0 Å². The fourth-order valence-corrected chi connectivity index (χ4v) is 5.00. The third-order valence-electron chi connectivity index (χ3n) is 6.57. The number of aromatic carboxylic acids is 1. The van der Waals surface area contributed by atoms with Crippen molar-refractivity contribution in [2.45, 2.75) is 52.0 Å². The number of hydrogen-bond acceptors (Lipinski definition) is 6. The minimum atomic E-state index is -1.07. The SMILES string of the molecule is CC(C)CN(c1ccc(-c2c[nH]nc2C(=O)O)cc1Nc1nc2ccccc2o1)C1CCCCC1. The molecule has 0 radical (unpaired) electrons. The lowest BCUT2D eigenvalue weighted by atomic mass is 9.92. The molecule has 0 saturated heterocycles. The number of carboxylic acids is 1. The van der Waals surface area contributed by atoms with Crippen LogP contribution >= 0.6 is 0 Å². The number of nitrogens with zero attached hydrogens (tertiary/aromatic N) is 3. The molecule has 2 aromatic carbocycles. The highest BCUT2D eigenvalue weighted by Gasteiger charge is 2.25. The zero-order valence-corrected chi connectivity index (χ0v) is 20.1. The Morgan fingerprint density at radius 1 is 1.20 bits per heavy atom. The molecule has 8 heteroatoms. The van der Waals surface area contributed by atoms with Gasteiger partial charge in [-0.15, -0.1) is 0 Å². The van der Waals surface area contributed by atoms with E-state index in [1.807, 2.05) is 36.4 Å². The van der Waals surface area contributed by atoms with Crippen molar-refractivity contribution in [3.8, 4) is 11.1 Å². The van der Waals surface area contributed by atoms with Gasteiger partial charge in [-0.3, -0.25) is 5.10 Å². The van der Waals surface area contributed by atoms with Gasteiger partial charge in [0.15, 0.2) is 11.3 Å². The summed E-state index contributed by atoms with van der Waals surface area (Å²) < 4.78 is 5.97. The van der Waals surface area contributed by atoms with Crippen molar-refractivity contribution >= 4 is 34.5 Å². The summed E-state index contributed by atoms with van der Waals surface area (Å²) in [6, 6.07) is 14.5. The van der Waals surface area contributed by atoms with Gasteiger partial charge in [-0.1, -0.05) is 51.3 Å². The lowest BCUT2D eigenvalue weighted by molar-refractivity contribution is 0.0691. The van der Waals surface area contributed by atoms with Gasteiger partial charge in [0, 0.05) is 24.3 Å². The van der Waals surface area contributed by atoms with E-state index in [2.05, 4.69) is 45.3 Å². The Labute approximate surface area is 204 Å². The highest BCUT2D eigenvalue weighted by atomic mass is 16.4. The highest BCUT2D eigenvalue weighted by molar-refractivity contribution is 5.95. The maximum absolute atomic E-state index is 11.7. The number of H-pyrrole nitrogens is 1. The zero-order chi connectivity index (χ0) is 24.4. The van der Waals surface area contributed by atoms with Crippen LogP contribution in [0.4, 0.5) is 17.4 Å². The van der Waals surface area contributed by atoms with E-state index in [9.17, 15) is 9.90 Å². The fraction of sp³-hybridized carbons (Fsp3) is 0.370. The smallest absolute Gasteiger partial charge is 0.357 e. The number of anilines is 3. The zero-order valence-electron chi connectivity index (χ0n) is 20.1. The second-order valence-corrected chi connectivity index (χ2v) is 9.63. The van der Waals surface area contributed by atoms with Gasteiger partial charge in [-0.05, 0) is 48.6 Å². The Morgan fingerprint density at radius 2 is 2.00 bits per heavy atom. The molecule has 2 aromatic heterocycles. The van der Waals surface area contributed by atoms with Crippen LogP contribution in [0, 0.1) is 5.92 Å². The lowest BCUT2D eigenvalue weighted by Gasteiger charge is -2.38. The number of rotatable bonds is 8. The summed E-state index contributed by atoms with van der Waals surface area (Å²) in [5.41, 5.74) is 4.68. The molecule has 182 valence electrons. The average Bonchev–Trinajstić information content (AvgIpc) is 3.50. The molecule has 4 aromatic rings. The monoisotopic (exact) mass is 473 g/mol. The molecule has 1 aliphatic rings. The second kappa shape index (κ2) is 9.82. The summed E-state index contributed by atoms with van der Waals surface area (Å²) >= 11 is 0. The molecule has 1 saturated carbocycles. The Bertz CT molecular complexity index is 1290. The number of hydrogen-bond donors (Lipinski definition) is 3. The Kier molecular flexibility index (Phi) is 6.44. The molecule has 0 bridgehead atoms. The van der Waals surface area contributed by atoms with Crippen molar-refractivity contribution < 1.29 is 14.3 Å². The van der Waals surface area contributed by atoms with Crippen molar-refractivity contribution in [3.63, 3.8) is 0 Å². The molecular weight excluding hydrogens is 442 g/mol. The molecule has 0 unspecified atom stereocenters. The van der Waals surface area contributed by atoms with Gasteiger partial charge in [-0.2, -0.15) is 10.1 Å². The van der Waals surface area contributed by atoms with Crippen LogP contribution in [-0.2, 0) is 0 Å². The maximum Gasteiger partial charge on any atom is 0.357 e. The first kappa shape index (κ1) is 23.0. The molecule has 1 fully saturated rings. The van der Waals surface area contributed by atoms with Gasteiger partial charge in [0.05, 0.1) is 11.4 Å². The van der Waals surface area contributed by atoms with Crippen LogP contribution < -0.4 is 10.2 Å². The topological polar surface area (TPSA) is 107 Å². The Hall–Kier alpha value is -3.81. The van der Waals surface area contributed by atoms with Crippen LogP contribution in [0.3, 0.4) is 0 Å². The second-order valence-electron chi connectivity index (χ2n) is 9.63. The van der Waals surface area contributed by atoms with Gasteiger partial charge < -0.3 is 19.7 Å². The lowest BCUT2D eigenvalue weighted by Crippen LogP contribution is -2.39. The molecule has 0 atom stereocenters. The number of aromatic amines is 1. The maximum atomic E-state index is 11.7. The van der Waals surface area contributed by atoms with Gasteiger partial charge in [0.2, 0.25) is 0 Å². The van der Waals surface area contributed by atoms with E-state index >= 15 is 0 Å². The van der Waals surface area contributed by atoms with Crippen molar-refractivity contribution in [1.29, 1.82) is 0 Å². The minimum absolute atomic E-state index is 0.00289. The van der Waals surface area contributed by atoms with Crippen molar-refractivity contribution in [2.24, 2.45) is 5.92 Å². The third-order valence-corrected chi connectivity index (χ3v) is 6.57. The number of aromatic nitrogens is 3. The largest absolute Gasteiger partial charge is 0.476 e. The van der Waals surface area contributed by atoms with Crippen molar-refractivity contribution in [2.75, 3.05) is 16.8 Å². The number of benzene rings is 2. The molecule has 0 amide bonds. The highest BCUT2D eigenvalue weighted by Crippen LogP contribution is 2.38. The molecule has 3 N–H and O–H groups in total. The summed E-state index contributed by atoms with van der Waals surface area (Å²) in [4.78, 5) is 18.8. The Balaban J connectivity index is 1.60. The normalized spacial score (nSPS) is 14.5. The van der Waals surface area contributed by atoms with Crippen LogP contribution in [0.15, 0.2) is 53.1 Å². The van der Waals surface area contributed by atoms with E-state index in [1.165, 1.54) is 32.1 Å².